The summed E-state index contributed by atoms with van der Waals surface area (Å²) >= 11 is 6.04. The smallest absolute Gasteiger partial charge is 0.322 e. The van der Waals surface area contributed by atoms with E-state index in [4.69, 9.17) is 16.1 Å². The lowest BCUT2D eigenvalue weighted by Gasteiger charge is -2.22. The highest BCUT2D eigenvalue weighted by Crippen LogP contribution is 2.33. The molecule has 1 aliphatic heterocycles. The second-order valence-electron chi connectivity index (χ2n) is 7.05. The average molecular weight is 397 g/mol. The summed E-state index contributed by atoms with van der Waals surface area (Å²) in [7, 11) is 0. The fourth-order valence-electron chi connectivity index (χ4n) is 3.40. The van der Waals surface area contributed by atoms with Crippen molar-refractivity contribution in [1.82, 2.24) is 15.0 Å². The minimum absolute atomic E-state index is 0.159. The number of anilines is 1. The Bertz CT molecular complexity index is 1020. The predicted octanol–water partition coefficient (Wildman–Crippen LogP) is 5.38. The van der Waals surface area contributed by atoms with Gasteiger partial charge in [0.1, 0.15) is 6.04 Å². The van der Waals surface area contributed by atoms with Crippen LogP contribution in [0.5, 0.6) is 0 Å². The maximum absolute atomic E-state index is 12.8. The summed E-state index contributed by atoms with van der Waals surface area (Å²) in [4.78, 5) is 19.1. The van der Waals surface area contributed by atoms with Crippen LogP contribution in [0.2, 0.25) is 5.02 Å². The van der Waals surface area contributed by atoms with Crippen molar-refractivity contribution >= 4 is 23.3 Å². The van der Waals surface area contributed by atoms with Crippen molar-refractivity contribution in [2.75, 3.05) is 11.9 Å². The van der Waals surface area contributed by atoms with Crippen LogP contribution in [0.3, 0.4) is 0 Å². The Hall–Kier alpha value is -2.86. The minimum atomic E-state index is -0.230. The molecule has 1 unspecified atom stereocenters. The van der Waals surface area contributed by atoms with E-state index in [9.17, 15) is 4.79 Å². The molecule has 28 heavy (non-hydrogen) atoms. The lowest BCUT2D eigenvalue weighted by atomic mass is 10.1. The van der Waals surface area contributed by atoms with E-state index in [1.807, 2.05) is 44.2 Å². The third-order valence-corrected chi connectivity index (χ3v) is 5.32. The average Bonchev–Trinajstić information content (AvgIpc) is 3.33. The number of nitrogens with zero attached hydrogens (tertiary/aromatic N) is 3. The molecule has 0 aliphatic carbocycles. The second kappa shape index (κ2) is 7.64. The van der Waals surface area contributed by atoms with Gasteiger partial charge in [-0.1, -0.05) is 35.0 Å². The van der Waals surface area contributed by atoms with Crippen LogP contribution in [0.15, 0.2) is 47.0 Å². The first-order valence-electron chi connectivity index (χ1n) is 9.25. The van der Waals surface area contributed by atoms with Crippen LogP contribution in [-0.4, -0.2) is 27.6 Å². The van der Waals surface area contributed by atoms with Crippen molar-refractivity contribution in [2.45, 2.75) is 32.7 Å². The highest BCUT2D eigenvalue weighted by atomic mass is 35.5. The number of hydrogen-bond acceptors (Lipinski definition) is 4. The Balaban J connectivity index is 1.52. The quantitative estimate of drug-likeness (QED) is 0.645. The Morgan fingerprint density at radius 1 is 1.21 bits per heavy atom. The molecule has 2 heterocycles. The van der Waals surface area contributed by atoms with Gasteiger partial charge in [-0.05, 0) is 62.1 Å². The number of urea groups is 1. The summed E-state index contributed by atoms with van der Waals surface area (Å²) in [5.74, 6) is 0.918. The molecule has 3 aromatic rings. The second-order valence-corrected chi connectivity index (χ2v) is 7.48. The van der Waals surface area contributed by atoms with Gasteiger partial charge in [0.15, 0.2) is 0 Å². The first kappa shape index (κ1) is 18.5. The summed E-state index contributed by atoms with van der Waals surface area (Å²) in [5, 5.41) is 7.66. The molecule has 0 spiro atoms. The van der Waals surface area contributed by atoms with Crippen LogP contribution in [0.1, 0.15) is 35.9 Å². The van der Waals surface area contributed by atoms with Crippen molar-refractivity contribution < 1.29 is 9.32 Å². The number of nitrogens with one attached hydrogen (secondary N) is 1. The van der Waals surface area contributed by atoms with Gasteiger partial charge in [0.05, 0.1) is 0 Å². The lowest BCUT2D eigenvalue weighted by molar-refractivity contribution is 0.193. The number of carbonyl (C=O) groups excluding carboxylic acids is 1. The molecule has 0 radical (unpaired) electrons. The molecule has 1 N–H and O–H groups in total. The van der Waals surface area contributed by atoms with Gasteiger partial charge in [-0.2, -0.15) is 4.98 Å². The van der Waals surface area contributed by atoms with E-state index in [-0.39, 0.29) is 12.1 Å². The molecule has 7 heteroatoms. The normalized spacial score (nSPS) is 16.4. The van der Waals surface area contributed by atoms with Crippen LogP contribution in [0.4, 0.5) is 10.5 Å². The first-order chi connectivity index (χ1) is 13.5. The molecule has 0 bridgehead atoms. The molecule has 1 atom stereocenters. The standard InChI is InChI=1S/C21H21ClN4O2/c1-13-8-9-17(11-14(13)2)23-21(27)26-10-4-7-18(26)20-24-19(25-28-20)15-5-3-6-16(22)12-15/h3,5-6,8-9,11-12,18H,4,7,10H2,1-2H3,(H,23,27). The summed E-state index contributed by atoms with van der Waals surface area (Å²) < 4.78 is 5.48. The zero-order valence-electron chi connectivity index (χ0n) is 15.8. The fourth-order valence-corrected chi connectivity index (χ4v) is 3.59. The molecule has 0 saturated carbocycles. The van der Waals surface area contributed by atoms with Crippen LogP contribution < -0.4 is 5.32 Å². The van der Waals surface area contributed by atoms with E-state index < -0.39 is 0 Å². The molecule has 1 aromatic heterocycles. The molecular weight excluding hydrogens is 376 g/mol. The van der Waals surface area contributed by atoms with Gasteiger partial charge in [0, 0.05) is 22.8 Å². The number of likely N-dealkylation sites (tertiary alicyclic amines) is 1. The fraction of sp³-hybridized carbons (Fsp3) is 0.286. The predicted molar refractivity (Wildman–Crippen MR) is 108 cm³/mol. The number of carbonyl (C=O) groups is 1. The molecular formula is C21H21ClN4O2. The Labute approximate surface area is 168 Å². The van der Waals surface area contributed by atoms with Gasteiger partial charge in [0.25, 0.3) is 0 Å². The van der Waals surface area contributed by atoms with Crippen molar-refractivity contribution in [3.8, 4) is 11.4 Å². The van der Waals surface area contributed by atoms with Crippen molar-refractivity contribution in [2.24, 2.45) is 0 Å². The SMILES string of the molecule is Cc1ccc(NC(=O)N2CCCC2c2nc(-c3cccc(Cl)c3)no2)cc1C. The third-order valence-electron chi connectivity index (χ3n) is 5.08. The minimum Gasteiger partial charge on any atom is -0.337 e. The summed E-state index contributed by atoms with van der Waals surface area (Å²) in [6, 6.07) is 12.8. The highest BCUT2D eigenvalue weighted by Gasteiger charge is 2.34. The van der Waals surface area contributed by atoms with Gasteiger partial charge >= 0.3 is 6.03 Å². The molecule has 6 nitrogen and oxygen atoms in total. The number of hydrogen-bond donors (Lipinski definition) is 1. The Kier molecular flexibility index (Phi) is 5.05. The van der Waals surface area contributed by atoms with Crippen molar-refractivity contribution in [3.63, 3.8) is 0 Å². The van der Waals surface area contributed by atoms with E-state index in [1.165, 1.54) is 5.56 Å². The van der Waals surface area contributed by atoms with Crippen LogP contribution >= 0.6 is 11.6 Å². The largest absolute Gasteiger partial charge is 0.337 e. The molecule has 144 valence electrons. The zero-order valence-corrected chi connectivity index (χ0v) is 16.5. The summed E-state index contributed by atoms with van der Waals surface area (Å²) in [6.07, 6.45) is 1.68. The molecule has 4 rings (SSSR count). The lowest BCUT2D eigenvalue weighted by Crippen LogP contribution is -2.34. The van der Waals surface area contributed by atoms with E-state index in [0.717, 1.165) is 29.7 Å². The molecule has 2 aromatic carbocycles. The van der Waals surface area contributed by atoms with Gasteiger partial charge < -0.3 is 14.7 Å². The maximum atomic E-state index is 12.8. The van der Waals surface area contributed by atoms with Crippen molar-refractivity contribution in [3.05, 3.63) is 64.5 Å². The number of halogens is 1. The Morgan fingerprint density at radius 3 is 2.86 bits per heavy atom. The van der Waals surface area contributed by atoms with E-state index in [0.29, 0.717) is 23.3 Å². The Morgan fingerprint density at radius 2 is 2.07 bits per heavy atom. The van der Waals surface area contributed by atoms with Gasteiger partial charge in [-0.3, -0.25) is 0 Å². The van der Waals surface area contributed by atoms with E-state index in [2.05, 4.69) is 15.5 Å². The van der Waals surface area contributed by atoms with E-state index >= 15 is 0 Å². The third kappa shape index (κ3) is 3.73. The highest BCUT2D eigenvalue weighted by molar-refractivity contribution is 6.30. The number of aryl methyl sites for hydroxylation is 2. The van der Waals surface area contributed by atoms with Gasteiger partial charge in [-0.25, -0.2) is 4.79 Å². The molecule has 2 amide bonds. The monoisotopic (exact) mass is 396 g/mol. The first-order valence-corrected chi connectivity index (χ1v) is 9.63. The topological polar surface area (TPSA) is 71.3 Å². The number of benzene rings is 2. The van der Waals surface area contributed by atoms with Crippen molar-refractivity contribution in [1.29, 1.82) is 0 Å². The number of aromatic nitrogens is 2. The number of rotatable bonds is 3. The van der Waals surface area contributed by atoms with Crippen LogP contribution in [0, 0.1) is 13.8 Å². The molecule has 1 aliphatic rings. The van der Waals surface area contributed by atoms with Crippen LogP contribution in [-0.2, 0) is 0 Å². The van der Waals surface area contributed by atoms with E-state index in [1.54, 1.807) is 17.0 Å². The summed E-state index contributed by atoms with van der Waals surface area (Å²) in [6.45, 7) is 4.72. The van der Waals surface area contributed by atoms with Crippen LogP contribution in [0.25, 0.3) is 11.4 Å². The zero-order chi connectivity index (χ0) is 19.7. The maximum Gasteiger partial charge on any atom is 0.322 e. The molecule has 1 fully saturated rings. The number of amides is 2. The molecule has 1 saturated heterocycles. The summed E-state index contributed by atoms with van der Waals surface area (Å²) in [5.41, 5.74) is 3.89. The van der Waals surface area contributed by atoms with Gasteiger partial charge in [0.2, 0.25) is 11.7 Å². The van der Waals surface area contributed by atoms with Gasteiger partial charge in [-0.15, -0.1) is 0 Å².